The molecule has 1 aliphatic rings. The van der Waals surface area contributed by atoms with Gasteiger partial charge in [-0.2, -0.15) is 0 Å². The smallest absolute Gasteiger partial charge is 0.0697 e. The molecular weight excluding hydrogens is 220 g/mol. The standard InChI is InChI=1S/C9H18O2.C4H10O2/c10-6-7-11-8-9-4-2-1-3-5-9;1-2-6-4-3-5/h9-10H,1-8H2;5H,2-4H2,1H3. The van der Waals surface area contributed by atoms with E-state index in [0.717, 1.165) is 12.5 Å². The molecule has 0 aromatic heterocycles. The average Bonchev–Trinajstić information content (AvgIpc) is 2.39. The lowest BCUT2D eigenvalue weighted by atomic mass is 9.90. The Morgan fingerprint density at radius 3 is 2.00 bits per heavy atom. The van der Waals surface area contributed by atoms with E-state index in [1.807, 2.05) is 6.92 Å². The largest absolute Gasteiger partial charge is 0.394 e. The van der Waals surface area contributed by atoms with Gasteiger partial charge in [0.05, 0.1) is 26.4 Å². The molecule has 1 aliphatic carbocycles. The second-order valence-corrected chi connectivity index (χ2v) is 4.22. The minimum atomic E-state index is 0.133. The van der Waals surface area contributed by atoms with Gasteiger partial charge in [0.25, 0.3) is 0 Å². The first-order valence-electron chi connectivity index (χ1n) is 6.72. The fourth-order valence-electron chi connectivity index (χ4n) is 1.88. The van der Waals surface area contributed by atoms with Gasteiger partial charge in [-0.1, -0.05) is 19.3 Å². The number of hydrogen-bond acceptors (Lipinski definition) is 4. The van der Waals surface area contributed by atoms with Gasteiger partial charge in [0.1, 0.15) is 0 Å². The fourth-order valence-corrected chi connectivity index (χ4v) is 1.88. The van der Waals surface area contributed by atoms with Crippen molar-refractivity contribution in [3.05, 3.63) is 0 Å². The van der Waals surface area contributed by atoms with Gasteiger partial charge in [-0.3, -0.25) is 0 Å². The maximum Gasteiger partial charge on any atom is 0.0697 e. The van der Waals surface area contributed by atoms with Crippen LogP contribution in [0.5, 0.6) is 0 Å². The minimum Gasteiger partial charge on any atom is -0.394 e. The van der Waals surface area contributed by atoms with Gasteiger partial charge in [-0.15, -0.1) is 0 Å². The molecule has 1 rings (SSSR count). The van der Waals surface area contributed by atoms with Crippen molar-refractivity contribution in [1.29, 1.82) is 0 Å². The SMILES string of the molecule is CCOCCO.OCCOCC1CCCCC1. The van der Waals surface area contributed by atoms with Gasteiger partial charge in [0.15, 0.2) is 0 Å². The van der Waals surface area contributed by atoms with E-state index in [4.69, 9.17) is 19.7 Å². The molecule has 4 heteroatoms. The van der Waals surface area contributed by atoms with Gasteiger partial charge in [-0.05, 0) is 25.7 Å². The Morgan fingerprint density at radius 2 is 1.53 bits per heavy atom. The lowest BCUT2D eigenvalue weighted by Crippen LogP contribution is -2.14. The molecule has 1 fully saturated rings. The molecule has 0 aromatic carbocycles. The first-order valence-corrected chi connectivity index (χ1v) is 6.72. The topological polar surface area (TPSA) is 58.9 Å². The highest BCUT2D eigenvalue weighted by Crippen LogP contribution is 2.23. The molecule has 1 saturated carbocycles. The summed E-state index contributed by atoms with van der Waals surface area (Å²) >= 11 is 0. The number of aliphatic hydroxyl groups is 2. The van der Waals surface area contributed by atoms with Crippen LogP contribution in [-0.4, -0.2) is 49.9 Å². The summed E-state index contributed by atoms with van der Waals surface area (Å²) in [4.78, 5) is 0. The summed E-state index contributed by atoms with van der Waals surface area (Å²) in [5.74, 6) is 0.773. The fraction of sp³-hybridized carbons (Fsp3) is 1.00. The van der Waals surface area contributed by atoms with E-state index < -0.39 is 0 Å². The summed E-state index contributed by atoms with van der Waals surface area (Å²) in [5, 5.41) is 16.5. The third kappa shape index (κ3) is 12.1. The van der Waals surface area contributed by atoms with Crippen LogP contribution >= 0.6 is 0 Å². The molecule has 0 heterocycles. The normalized spacial score (nSPS) is 16.4. The Hall–Kier alpha value is -0.160. The van der Waals surface area contributed by atoms with Crippen LogP contribution in [0, 0.1) is 5.92 Å². The summed E-state index contributed by atoms with van der Waals surface area (Å²) in [5.41, 5.74) is 0. The Balaban J connectivity index is 0.000000366. The molecule has 2 N–H and O–H groups in total. The van der Waals surface area contributed by atoms with E-state index in [-0.39, 0.29) is 13.2 Å². The summed E-state index contributed by atoms with van der Waals surface area (Å²) in [6.45, 7) is 4.73. The van der Waals surface area contributed by atoms with E-state index >= 15 is 0 Å². The quantitative estimate of drug-likeness (QED) is 0.672. The highest BCUT2D eigenvalue weighted by atomic mass is 16.5. The average molecular weight is 248 g/mol. The first-order chi connectivity index (χ1) is 8.35. The molecule has 0 amide bonds. The predicted molar refractivity (Wildman–Crippen MR) is 68.1 cm³/mol. The monoisotopic (exact) mass is 248 g/mol. The van der Waals surface area contributed by atoms with Crippen molar-refractivity contribution in [2.45, 2.75) is 39.0 Å². The summed E-state index contributed by atoms with van der Waals surface area (Å²) in [6, 6.07) is 0. The first kappa shape index (κ1) is 16.8. The van der Waals surface area contributed by atoms with E-state index in [0.29, 0.717) is 19.8 Å². The molecule has 0 bridgehead atoms. The van der Waals surface area contributed by atoms with Crippen molar-refractivity contribution >= 4 is 0 Å². The van der Waals surface area contributed by atoms with Crippen LogP contribution < -0.4 is 0 Å². The van der Waals surface area contributed by atoms with Crippen LogP contribution in [0.15, 0.2) is 0 Å². The maximum absolute atomic E-state index is 8.47. The van der Waals surface area contributed by atoms with Crippen molar-refractivity contribution in [2.75, 3.05) is 39.6 Å². The van der Waals surface area contributed by atoms with E-state index in [2.05, 4.69) is 0 Å². The van der Waals surface area contributed by atoms with Crippen LogP contribution in [0.1, 0.15) is 39.0 Å². The molecule has 17 heavy (non-hydrogen) atoms. The highest BCUT2D eigenvalue weighted by molar-refractivity contribution is 4.64. The molecular formula is C13H28O4. The zero-order valence-electron chi connectivity index (χ0n) is 11.1. The van der Waals surface area contributed by atoms with E-state index in [1.165, 1.54) is 32.1 Å². The molecule has 0 atom stereocenters. The molecule has 4 nitrogen and oxygen atoms in total. The lowest BCUT2D eigenvalue weighted by molar-refractivity contribution is 0.0580. The summed E-state index contributed by atoms with van der Waals surface area (Å²) in [6.07, 6.45) is 6.79. The Bertz CT molecular complexity index is 131. The predicted octanol–water partition coefficient (Wildman–Crippen LogP) is 1.59. The number of rotatable bonds is 7. The molecule has 0 saturated heterocycles. The van der Waals surface area contributed by atoms with Gasteiger partial charge in [0, 0.05) is 13.2 Å². The summed E-state index contributed by atoms with van der Waals surface area (Å²) in [7, 11) is 0. The molecule has 0 aromatic rings. The zero-order chi connectivity index (χ0) is 12.8. The van der Waals surface area contributed by atoms with Gasteiger partial charge >= 0.3 is 0 Å². The van der Waals surface area contributed by atoms with Crippen LogP contribution in [0.3, 0.4) is 0 Å². The van der Waals surface area contributed by atoms with Gasteiger partial charge in [-0.25, -0.2) is 0 Å². The molecule has 0 spiro atoms. The zero-order valence-corrected chi connectivity index (χ0v) is 11.1. The van der Waals surface area contributed by atoms with Crippen LogP contribution in [0.25, 0.3) is 0 Å². The summed E-state index contributed by atoms with van der Waals surface area (Å²) < 4.78 is 10.0. The second-order valence-electron chi connectivity index (χ2n) is 4.22. The van der Waals surface area contributed by atoms with Crippen LogP contribution in [0.4, 0.5) is 0 Å². The maximum atomic E-state index is 8.47. The van der Waals surface area contributed by atoms with Crippen molar-refractivity contribution in [3.8, 4) is 0 Å². The van der Waals surface area contributed by atoms with E-state index in [9.17, 15) is 0 Å². The molecule has 0 aliphatic heterocycles. The van der Waals surface area contributed by atoms with Crippen molar-refractivity contribution in [2.24, 2.45) is 5.92 Å². The third-order valence-corrected chi connectivity index (χ3v) is 2.75. The van der Waals surface area contributed by atoms with E-state index in [1.54, 1.807) is 0 Å². The molecule has 104 valence electrons. The second kappa shape index (κ2) is 13.9. The number of aliphatic hydroxyl groups excluding tert-OH is 2. The van der Waals surface area contributed by atoms with Crippen molar-refractivity contribution in [3.63, 3.8) is 0 Å². The Morgan fingerprint density at radius 1 is 0.941 bits per heavy atom. The van der Waals surface area contributed by atoms with Gasteiger partial charge < -0.3 is 19.7 Å². The lowest BCUT2D eigenvalue weighted by Gasteiger charge is -2.20. The number of ether oxygens (including phenoxy) is 2. The number of hydrogen-bond donors (Lipinski definition) is 2. The molecule has 0 radical (unpaired) electrons. The third-order valence-electron chi connectivity index (χ3n) is 2.75. The highest BCUT2D eigenvalue weighted by Gasteiger charge is 2.12. The van der Waals surface area contributed by atoms with Crippen molar-refractivity contribution in [1.82, 2.24) is 0 Å². The Labute approximate surface area is 105 Å². The van der Waals surface area contributed by atoms with Crippen molar-refractivity contribution < 1.29 is 19.7 Å². The minimum absolute atomic E-state index is 0.133. The van der Waals surface area contributed by atoms with Crippen LogP contribution in [-0.2, 0) is 9.47 Å². The molecule has 0 unspecified atom stereocenters. The Kier molecular flexibility index (Phi) is 13.8. The van der Waals surface area contributed by atoms with Crippen LogP contribution in [0.2, 0.25) is 0 Å². The van der Waals surface area contributed by atoms with Gasteiger partial charge in [0.2, 0.25) is 0 Å².